The van der Waals surface area contributed by atoms with Crippen LogP contribution in [0.25, 0.3) is 0 Å². The molecule has 2 aliphatic rings. The van der Waals surface area contributed by atoms with E-state index in [4.69, 9.17) is 0 Å². The fraction of sp³-hybridized carbons (Fsp3) is 0.524. The first-order valence-corrected chi connectivity index (χ1v) is 10.2. The van der Waals surface area contributed by atoms with Crippen molar-refractivity contribution in [2.75, 3.05) is 23.3 Å². The number of carbonyl (C=O) groups excluding carboxylic acids is 1. The van der Waals surface area contributed by atoms with Crippen LogP contribution in [-0.4, -0.2) is 28.9 Å². The van der Waals surface area contributed by atoms with Gasteiger partial charge in [0.2, 0.25) is 0 Å². The van der Waals surface area contributed by atoms with Gasteiger partial charge in [0.1, 0.15) is 5.82 Å². The number of aromatic nitrogens is 2. The van der Waals surface area contributed by atoms with Crippen molar-refractivity contribution < 1.29 is 4.79 Å². The number of urea groups is 1. The minimum absolute atomic E-state index is 0.181. The van der Waals surface area contributed by atoms with Gasteiger partial charge in [-0.3, -0.25) is 5.32 Å². The van der Waals surface area contributed by atoms with Gasteiger partial charge in [-0.25, -0.2) is 9.48 Å². The number of rotatable bonds is 5. The number of hydrogen-bond donors (Lipinski definition) is 2. The molecule has 0 spiro atoms. The van der Waals surface area contributed by atoms with Crippen molar-refractivity contribution in [3.63, 3.8) is 0 Å². The Hall–Kier alpha value is -2.50. The summed E-state index contributed by atoms with van der Waals surface area (Å²) in [5.41, 5.74) is 2.37. The Morgan fingerprint density at radius 3 is 2.70 bits per heavy atom. The summed E-state index contributed by atoms with van der Waals surface area (Å²) in [6, 6.07) is 10.6. The second kappa shape index (κ2) is 8.46. The molecule has 2 amide bonds. The monoisotopic (exact) mass is 367 g/mol. The van der Waals surface area contributed by atoms with E-state index in [-0.39, 0.29) is 6.03 Å². The van der Waals surface area contributed by atoms with E-state index >= 15 is 0 Å². The van der Waals surface area contributed by atoms with Gasteiger partial charge >= 0.3 is 6.03 Å². The number of anilines is 2. The van der Waals surface area contributed by atoms with Crippen LogP contribution in [0.1, 0.15) is 56.6 Å². The van der Waals surface area contributed by atoms with Crippen LogP contribution in [0.2, 0.25) is 0 Å². The molecule has 6 heteroatoms. The maximum Gasteiger partial charge on any atom is 0.320 e. The predicted molar refractivity (Wildman–Crippen MR) is 108 cm³/mol. The highest BCUT2D eigenvalue weighted by Gasteiger charge is 2.19. The van der Waals surface area contributed by atoms with Gasteiger partial charge in [-0.05, 0) is 43.4 Å². The lowest BCUT2D eigenvalue weighted by molar-refractivity contribution is 0.251. The molecule has 1 aromatic carbocycles. The Kier molecular flexibility index (Phi) is 5.61. The van der Waals surface area contributed by atoms with Gasteiger partial charge in [-0.15, -0.1) is 0 Å². The van der Waals surface area contributed by atoms with Gasteiger partial charge in [0, 0.05) is 31.4 Å². The molecule has 2 aromatic rings. The molecule has 1 aliphatic carbocycles. The third-order valence-corrected chi connectivity index (χ3v) is 5.67. The highest BCUT2D eigenvalue weighted by Crippen LogP contribution is 2.29. The Bertz CT molecular complexity index is 759. The van der Waals surface area contributed by atoms with Crippen molar-refractivity contribution >= 4 is 17.5 Å². The zero-order valence-electron chi connectivity index (χ0n) is 15.9. The zero-order valence-corrected chi connectivity index (χ0v) is 15.9. The molecule has 1 saturated heterocycles. The Morgan fingerprint density at radius 1 is 1.07 bits per heavy atom. The lowest BCUT2D eigenvalue weighted by atomic mass is 9.96. The van der Waals surface area contributed by atoms with E-state index in [9.17, 15) is 4.79 Å². The van der Waals surface area contributed by atoms with Gasteiger partial charge in [-0.2, -0.15) is 5.10 Å². The summed E-state index contributed by atoms with van der Waals surface area (Å²) in [5.74, 6) is 0.783. The number of nitrogens with zero attached hydrogens (tertiary/aromatic N) is 3. The standard InChI is InChI=1S/C21H29N5O/c27-21(24-20-11-12-23-26(20)18-8-2-1-3-9-18)22-16-17-7-6-10-19(15-17)25-13-4-5-14-25/h6-7,10-12,15,18H,1-5,8-9,13-14,16H2,(H2,22,24,27). The lowest BCUT2D eigenvalue weighted by Gasteiger charge is -2.24. The first-order chi connectivity index (χ1) is 13.3. The van der Waals surface area contributed by atoms with E-state index < -0.39 is 0 Å². The Morgan fingerprint density at radius 2 is 1.89 bits per heavy atom. The zero-order chi connectivity index (χ0) is 18.5. The minimum atomic E-state index is -0.181. The van der Waals surface area contributed by atoms with Crippen molar-refractivity contribution in [2.24, 2.45) is 0 Å². The molecule has 2 heterocycles. The smallest absolute Gasteiger partial charge is 0.320 e. The molecule has 27 heavy (non-hydrogen) atoms. The van der Waals surface area contributed by atoms with Crippen molar-refractivity contribution in [3.05, 3.63) is 42.1 Å². The topological polar surface area (TPSA) is 62.2 Å². The van der Waals surface area contributed by atoms with Crippen LogP contribution >= 0.6 is 0 Å². The highest BCUT2D eigenvalue weighted by atomic mass is 16.2. The summed E-state index contributed by atoms with van der Waals surface area (Å²) >= 11 is 0. The van der Waals surface area contributed by atoms with E-state index in [1.54, 1.807) is 6.20 Å². The van der Waals surface area contributed by atoms with Crippen LogP contribution in [0.5, 0.6) is 0 Å². The number of carbonyl (C=O) groups is 1. The lowest BCUT2D eigenvalue weighted by Crippen LogP contribution is -2.30. The summed E-state index contributed by atoms with van der Waals surface area (Å²) in [6.45, 7) is 2.77. The fourth-order valence-corrected chi connectivity index (χ4v) is 4.21. The Balaban J connectivity index is 1.33. The third-order valence-electron chi connectivity index (χ3n) is 5.67. The van der Waals surface area contributed by atoms with Gasteiger partial charge < -0.3 is 10.2 Å². The largest absolute Gasteiger partial charge is 0.372 e. The molecule has 2 fully saturated rings. The first kappa shape index (κ1) is 17.9. The number of nitrogens with one attached hydrogen (secondary N) is 2. The molecule has 0 radical (unpaired) electrons. The summed E-state index contributed by atoms with van der Waals surface area (Å²) in [5, 5.41) is 10.4. The molecule has 6 nitrogen and oxygen atoms in total. The first-order valence-electron chi connectivity index (χ1n) is 10.2. The molecule has 0 atom stereocenters. The van der Waals surface area contributed by atoms with Gasteiger partial charge in [0.25, 0.3) is 0 Å². The molecule has 2 N–H and O–H groups in total. The predicted octanol–water partition coefficient (Wildman–Crippen LogP) is 4.31. The number of amides is 2. The van der Waals surface area contributed by atoms with E-state index in [2.05, 4.69) is 44.9 Å². The molecule has 1 aromatic heterocycles. The Labute approximate surface area is 160 Å². The molecular weight excluding hydrogens is 338 g/mol. The summed E-state index contributed by atoms with van der Waals surface area (Å²) in [7, 11) is 0. The van der Waals surface area contributed by atoms with E-state index in [1.807, 2.05) is 10.7 Å². The maximum absolute atomic E-state index is 12.4. The van der Waals surface area contributed by atoms with Gasteiger partial charge in [0.05, 0.1) is 12.2 Å². The highest BCUT2D eigenvalue weighted by molar-refractivity contribution is 5.88. The number of benzene rings is 1. The molecule has 1 saturated carbocycles. The van der Waals surface area contributed by atoms with Gasteiger partial charge in [0.15, 0.2) is 0 Å². The molecule has 4 rings (SSSR count). The SMILES string of the molecule is O=C(NCc1cccc(N2CCCC2)c1)Nc1ccnn1C1CCCCC1. The van der Waals surface area contributed by atoms with Crippen molar-refractivity contribution in [1.29, 1.82) is 0 Å². The van der Waals surface area contributed by atoms with Crippen LogP contribution in [0.15, 0.2) is 36.5 Å². The second-order valence-electron chi connectivity index (χ2n) is 7.62. The average Bonchev–Trinajstić information content (AvgIpc) is 3.39. The molecular formula is C21H29N5O. The van der Waals surface area contributed by atoms with Gasteiger partial charge in [-0.1, -0.05) is 31.4 Å². The molecule has 0 bridgehead atoms. The van der Waals surface area contributed by atoms with E-state index in [1.165, 1.54) is 37.8 Å². The third kappa shape index (κ3) is 4.43. The summed E-state index contributed by atoms with van der Waals surface area (Å²) in [4.78, 5) is 14.8. The van der Waals surface area contributed by atoms with Crippen LogP contribution in [0.3, 0.4) is 0 Å². The van der Waals surface area contributed by atoms with E-state index in [0.29, 0.717) is 12.6 Å². The summed E-state index contributed by atoms with van der Waals surface area (Å²) in [6.07, 6.45) is 10.4. The average molecular weight is 367 g/mol. The molecule has 144 valence electrons. The molecule has 1 aliphatic heterocycles. The van der Waals surface area contributed by atoms with Crippen LogP contribution < -0.4 is 15.5 Å². The maximum atomic E-state index is 12.4. The van der Waals surface area contributed by atoms with Crippen molar-refractivity contribution in [3.8, 4) is 0 Å². The normalized spacial score (nSPS) is 17.9. The van der Waals surface area contributed by atoms with E-state index in [0.717, 1.165) is 37.3 Å². The quantitative estimate of drug-likeness (QED) is 0.828. The van der Waals surface area contributed by atoms with Crippen LogP contribution in [-0.2, 0) is 6.54 Å². The minimum Gasteiger partial charge on any atom is -0.372 e. The molecule has 0 unspecified atom stereocenters. The van der Waals surface area contributed by atoms with Crippen molar-refractivity contribution in [1.82, 2.24) is 15.1 Å². The fourth-order valence-electron chi connectivity index (χ4n) is 4.21. The van der Waals surface area contributed by atoms with Crippen LogP contribution in [0, 0.1) is 0 Å². The summed E-state index contributed by atoms with van der Waals surface area (Å²) < 4.78 is 1.98. The van der Waals surface area contributed by atoms with Crippen molar-refractivity contribution in [2.45, 2.75) is 57.5 Å². The number of hydrogen-bond acceptors (Lipinski definition) is 3. The van der Waals surface area contributed by atoms with Crippen LogP contribution in [0.4, 0.5) is 16.3 Å². The second-order valence-corrected chi connectivity index (χ2v) is 7.62.